The molecule has 1 aromatic carbocycles. The molecule has 174 valence electrons. The van der Waals surface area contributed by atoms with Gasteiger partial charge in [-0.2, -0.15) is 28.2 Å². The van der Waals surface area contributed by atoms with Crippen molar-refractivity contribution in [1.82, 2.24) is 29.9 Å². The normalized spacial score (nSPS) is 19.0. The maximum absolute atomic E-state index is 13.7. The van der Waals surface area contributed by atoms with Crippen LogP contribution in [0.15, 0.2) is 42.9 Å². The lowest BCUT2D eigenvalue weighted by Crippen LogP contribution is -2.48. The van der Waals surface area contributed by atoms with Gasteiger partial charge < -0.3 is 4.90 Å². The highest BCUT2D eigenvalue weighted by molar-refractivity contribution is 5.98. The van der Waals surface area contributed by atoms with Crippen molar-refractivity contribution >= 4 is 5.91 Å². The number of likely N-dealkylation sites (tertiary alicyclic amines) is 1. The average Bonchev–Trinajstić information content (AvgIpc) is 3.32. The second-order valence-corrected chi connectivity index (χ2v) is 8.42. The smallest absolute Gasteiger partial charge is 0.335 e. The van der Waals surface area contributed by atoms with E-state index >= 15 is 0 Å². The van der Waals surface area contributed by atoms with Gasteiger partial charge in [-0.1, -0.05) is 18.6 Å². The first-order chi connectivity index (χ1) is 15.7. The molecule has 0 aliphatic carbocycles. The fourth-order valence-corrected chi connectivity index (χ4v) is 4.39. The van der Waals surface area contributed by atoms with Crippen molar-refractivity contribution in [3.05, 3.63) is 65.5 Å². The van der Waals surface area contributed by atoms with Crippen molar-refractivity contribution in [2.45, 2.75) is 51.7 Å². The van der Waals surface area contributed by atoms with Gasteiger partial charge in [0, 0.05) is 25.2 Å². The first-order valence-corrected chi connectivity index (χ1v) is 10.9. The Kier molecular flexibility index (Phi) is 6.44. The second kappa shape index (κ2) is 9.29. The molecule has 33 heavy (non-hydrogen) atoms. The van der Waals surface area contributed by atoms with Crippen LogP contribution in [0.2, 0.25) is 0 Å². The zero-order valence-corrected chi connectivity index (χ0v) is 18.5. The van der Waals surface area contributed by atoms with E-state index in [0.29, 0.717) is 24.2 Å². The molecule has 0 saturated carbocycles. The summed E-state index contributed by atoms with van der Waals surface area (Å²) in [6, 6.07) is 6.28. The third kappa shape index (κ3) is 5.04. The number of amides is 1. The van der Waals surface area contributed by atoms with E-state index in [-0.39, 0.29) is 30.1 Å². The highest BCUT2D eigenvalue weighted by atomic mass is 19.4. The third-order valence-corrected chi connectivity index (χ3v) is 6.05. The van der Waals surface area contributed by atoms with Gasteiger partial charge in [0.15, 0.2) is 0 Å². The number of aryl methyl sites for hydroxylation is 2. The molecule has 4 rings (SSSR count). The summed E-state index contributed by atoms with van der Waals surface area (Å²) >= 11 is 0. The van der Waals surface area contributed by atoms with Gasteiger partial charge >= 0.3 is 6.18 Å². The summed E-state index contributed by atoms with van der Waals surface area (Å²) in [4.78, 5) is 24.7. The molecule has 1 aliphatic heterocycles. The van der Waals surface area contributed by atoms with Crippen molar-refractivity contribution < 1.29 is 18.0 Å². The molecule has 3 aromatic rings. The van der Waals surface area contributed by atoms with Crippen LogP contribution in [0.3, 0.4) is 0 Å². The van der Waals surface area contributed by atoms with Gasteiger partial charge in [0.1, 0.15) is 11.5 Å². The molecule has 1 saturated heterocycles. The number of carbonyl (C=O) groups is 1. The Morgan fingerprint density at radius 3 is 2.64 bits per heavy atom. The van der Waals surface area contributed by atoms with Crippen LogP contribution in [-0.4, -0.2) is 48.4 Å². The predicted octanol–water partition coefficient (Wildman–Crippen LogP) is 4.26. The Labute approximate surface area is 189 Å². The number of alkyl halides is 3. The van der Waals surface area contributed by atoms with Crippen molar-refractivity contribution in [3.8, 4) is 5.69 Å². The first-order valence-electron chi connectivity index (χ1n) is 10.9. The minimum Gasteiger partial charge on any atom is -0.335 e. The van der Waals surface area contributed by atoms with Crippen molar-refractivity contribution in [1.29, 1.82) is 0 Å². The average molecular weight is 458 g/mol. The summed E-state index contributed by atoms with van der Waals surface area (Å²) in [6.45, 7) is 4.57. The van der Waals surface area contributed by atoms with Crippen LogP contribution in [0.4, 0.5) is 13.2 Å². The van der Waals surface area contributed by atoms with Gasteiger partial charge in [-0.05, 0) is 50.3 Å². The zero-order valence-electron chi connectivity index (χ0n) is 18.5. The number of halogens is 3. The van der Waals surface area contributed by atoms with Crippen molar-refractivity contribution in [2.24, 2.45) is 5.92 Å². The van der Waals surface area contributed by atoms with Crippen LogP contribution in [0.25, 0.3) is 5.69 Å². The van der Waals surface area contributed by atoms with Gasteiger partial charge in [-0.3, -0.25) is 4.79 Å². The van der Waals surface area contributed by atoms with Gasteiger partial charge in [0.25, 0.3) is 5.91 Å². The monoisotopic (exact) mass is 458 g/mol. The number of hydrogen-bond donors (Lipinski definition) is 0. The quantitative estimate of drug-likeness (QED) is 0.571. The van der Waals surface area contributed by atoms with E-state index in [4.69, 9.17) is 0 Å². The molecular weight excluding hydrogens is 433 g/mol. The van der Waals surface area contributed by atoms with E-state index < -0.39 is 11.9 Å². The van der Waals surface area contributed by atoms with Gasteiger partial charge in [0.05, 0.1) is 23.6 Å². The molecule has 10 heteroatoms. The van der Waals surface area contributed by atoms with Crippen LogP contribution in [0.5, 0.6) is 0 Å². The molecule has 0 unspecified atom stereocenters. The van der Waals surface area contributed by atoms with E-state index in [0.717, 1.165) is 30.7 Å². The molecular formula is C23H25F3N6O. The van der Waals surface area contributed by atoms with Gasteiger partial charge in [-0.15, -0.1) is 0 Å². The molecule has 3 heterocycles. The van der Waals surface area contributed by atoms with Crippen molar-refractivity contribution in [2.75, 3.05) is 6.54 Å². The Morgan fingerprint density at radius 2 is 1.91 bits per heavy atom. The third-order valence-electron chi connectivity index (χ3n) is 6.05. The summed E-state index contributed by atoms with van der Waals surface area (Å²) in [5, 5.41) is 8.34. The molecule has 0 spiro atoms. The SMILES string of the molecule is Cc1ccc(-n2nccn2)c(C(=O)N2CCC[C@@H](C)[C@H]2CCc2nccc(C(F)(F)F)n2)c1. The fraction of sp³-hybridized carbons (Fsp3) is 0.435. The van der Waals surface area contributed by atoms with Crippen LogP contribution in [0, 0.1) is 12.8 Å². The summed E-state index contributed by atoms with van der Waals surface area (Å²) in [7, 11) is 0. The lowest BCUT2D eigenvalue weighted by Gasteiger charge is -2.40. The molecule has 0 radical (unpaired) electrons. The number of benzene rings is 1. The summed E-state index contributed by atoms with van der Waals surface area (Å²) in [5.41, 5.74) is 1.08. The first kappa shape index (κ1) is 22.9. The Balaban J connectivity index is 1.59. The summed E-state index contributed by atoms with van der Waals surface area (Å²) in [6.07, 6.45) is 2.27. The highest BCUT2D eigenvalue weighted by Gasteiger charge is 2.35. The number of hydrogen-bond acceptors (Lipinski definition) is 5. The number of piperidine rings is 1. The van der Waals surface area contributed by atoms with Crippen molar-refractivity contribution in [3.63, 3.8) is 0 Å². The summed E-state index contributed by atoms with van der Waals surface area (Å²) < 4.78 is 39.0. The molecule has 1 amide bonds. The fourth-order valence-electron chi connectivity index (χ4n) is 4.39. The maximum Gasteiger partial charge on any atom is 0.433 e. The van der Waals surface area contributed by atoms with Crippen LogP contribution in [-0.2, 0) is 12.6 Å². The predicted molar refractivity (Wildman–Crippen MR) is 115 cm³/mol. The summed E-state index contributed by atoms with van der Waals surface area (Å²) in [5.74, 6) is 0.198. The number of carbonyl (C=O) groups excluding carboxylic acids is 1. The van der Waals surface area contributed by atoms with E-state index in [1.165, 1.54) is 4.80 Å². The van der Waals surface area contributed by atoms with Crippen LogP contribution < -0.4 is 0 Å². The highest BCUT2D eigenvalue weighted by Crippen LogP contribution is 2.30. The molecule has 7 nitrogen and oxygen atoms in total. The van der Waals surface area contributed by atoms with E-state index in [2.05, 4.69) is 27.1 Å². The largest absolute Gasteiger partial charge is 0.433 e. The van der Waals surface area contributed by atoms with E-state index in [1.807, 2.05) is 30.0 Å². The van der Waals surface area contributed by atoms with Crippen LogP contribution >= 0.6 is 0 Å². The van der Waals surface area contributed by atoms with Crippen LogP contribution in [0.1, 0.15) is 53.6 Å². The van der Waals surface area contributed by atoms with Gasteiger partial charge in [-0.25, -0.2) is 9.97 Å². The van der Waals surface area contributed by atoms with Gasteiger partial charge in [0.2, 0.25) is 0 Å². The standard InChI is InChI=1S/C23H25F3N6O/c1-15-5-6-19(32-28-11-12-29-32)17(14-15)22(33)31-13-3-4-16(2)18(31)7-8-21-27-10-9-20(30-21)23(24,25)26/h5-6,9-12,14,16,18H,3-4,7-8,13H2,1-2H3/t16-,18-/m1/s1. The molecule has 0 N–H and O–H groups in total. The number of aromatic nitrogens is 5. The maximum atomic E-state index is 13.7. The van der Waals surface area contributed by atoms with E-state index in [9.17, 15) is 18.0 Å². The molecule has 1 aliphatic rings. The Bertz CT molecular complexity index is 1120. The second-order valence-electron chi connectivity index (χ2n) is 8.42. The minimum atomic E-state index is -4.51. The number of nitrogens with zero attached hydrogens (tertiary/aromatic N) is 6. The molecule has 2 atom stereocenters. The Hall–Kier alpha value is -3.30. The Morgan fingerprint density at radius 1 is 1.15 bits per heavy atom. The molecule has 1 fully saturated rings. The topological polar surface area (TPSA) is 76.8 Å². The lowest BCUT2D eigenvalue weighted by atomic mass is 9.87. The lowest BCUT2D eigenvalue weighted by molar-refractivity contribution is -0.141. The zero-order chi connectivity index (χ0) is 23.6. The number of rotatable bonds is 5. The molecule has 2 aromatic heterocycles. The minimum absolute atomic E-state index is 0.131. The molecule has 0 bridgehead atoms. The van der Waals surface area contributed by atoms with E-state index in [1.54, 1.807) is 12.4 Å².